The van der Waals surface area contributed by atoms with Crippen molar-refractivity contribution in [2.75, 3.05) is 0 Å². The molecule has 0 atom stereocenters. The lowest BCUT2D eigenvalue weighted by molar-refractivity contribution is 0.569. The van der Waals surface area contributed by atoms with Crippen LogP contribution in [0.25, 0.3) is 32.7 Å². The van der Waals surface area contributed by atoms with Crippen LogP contribution in [0.1, 0.15) is 41.6 Å². The minimum Gasteiger partial charge on any atom is -0.455 e. The molecule has 0 N–H and O–H groups in total. The second-order valence-corrected chi connectivity index (χ2v) is 7.34. The van der Waals surface area contributed by atoms with Crippen LogP contribution in [0.5, 0.6) is 0 Å². The van der Waals surface area contributed by atoms with Crippen LogP contribution in [0.15, 0.2) is 46.9 Å². The summed E-state index contributed by atoms with van der Waals surface area (Å²) >= 11 is 0. The van der Waals surface area contributed by atoms with Gasteiger partial charge in [-0.25, -0.2) is 0 Å². The van der Waals surface area contributed by atoms with Crippen molar-refractivity contribution >= 4 is 32.7 Å². The van der Waals surface area contributed by atoms with Crippen LogP contribution in [-0.2, 0) is 5.41 Å². The summed E-state index contributed by atoms with van der Waals surface area (Å²) in [6.45, 7) is 6.18. The van der Waals surface area contributed by atoms with Crippen molar-refractivity contribution < 1.29 is 8.53 Å². The molecular weight excluding hydrogens is 280 g/mol. The third-order valence-corrected chi connectivity index (χ3v) is 4.58. The zero-order chi connectivity index (χ0) is 18.9. The zero-order valence-electron chi connectivity index (χ0n) is 16.9. The molecule has 116 valence electrons. The molecule has 1 heteroatoms. The van der Waals surface area contributed by atoms with Gasteiger partial charge in [0.15, 0.2) is 0 Å². The van der Waals surface area contributed by atoms with Crippen LogP contribution in [0, 0.1) is 13.8 Å². The Labute approximate surface area is 141 Å². The minimum absolute atomic E-state index is 0.153. The molecular formula is C22H22O. The van der Waals surface area contributed by atoms with Crippen molar-refractivity contribution in [2.24, 2.45) is 0 Å². The van der Waals surface area contributed by atoms with E-state index in [0.717, 1.165) is 38.3 Å². The van der Waals surface area contributed by atoms with Crippen molar-refractivity contribution in [1.82, 2.24) is 0 Å². The van der Waals surface area contributed by atoms with E-state index in [-0.39, 0.29) is 5.41 Å². The van der Waals surface area contributed by atoms with Crippen LogP contribution >= 0.6 is 0 Å². The largest absolute Gasteiger partial charge is 0.455 e. The maximum absolute atomic E-state index is 8.05. The second-order valence-electron chi connectivity index (χ2n) is 7.34. The molecule has 0 aliphatic rings. The molecule has 0 radical (unpaired) electrons. The highest BCUT2D eigenvalue weighted by Crippen LogP contribution is 2.41. The summed E-state index contributed by atoms with van der Waals surface area (Å²) in [5.41, 5.74) is 3.71. The quantitative estimate of drug-likeness (QED) is 0.354. The van der Waals surface area contributed by atoms with Crippen molar-refractivity contribution in [3.63, 3.8) is 0 Å². The molecule has 0 bridgehead atoms. The number of aryl methyl sites for hydroxylation is 2. The summed E-state index contributed by atoms with van der Waals surface area (Å²) in [6.07, 6.45) is 0. The molecule has 0 saturated carbocycles. The molecule has 1 heterocycles. The van der Waals surface area contributed by atoms with E-state index in [1.54, 1.807) is 0 Å². The number of furan rings is 1. The standard InChI is InChI=1S/C22H22O/c1-13-12-14(2)19(22(3,4)5)21-18(13)17-11-10-15-8-6-7-9-16(15)20(17)23-21/h6-12H,1-5H3/i1D3. The van der Waals surface area contributed by atoms with Crippen LogP contribution in [-0.4, -0.2) is 0 Å². The lowest BCUT2D eigenvalue weighted by Crippen LogP contribution is -2.13. The van der Waals surface area contributed by atoms with E-state index in [2.05, 4.69) is 20.8 Å². The molecule has 23 heavy (non-hydrogen) atoms. The zero-order valence-corrected chi connectivity index (χ0v) is 13.9. The van der Waals surface area contributed by atoms with Gasteiger partial charge in [-0.2, -0.15) is 0 Å². The first-order chi connectivity index (χ1) is 12.1. The average Bonchev–Trinajstić information content (AvgIpc) is 2.90. The van der Waals surface area contributed by atoms with E-state index in [4.69, 9.17) is 8.53 Å². The smallest absolute Gasteiger partial charge is 0.143 e. The normalized spacial score (nSPS) is 15.0. The van der Waals surface area contributed by atoms with Gasteiger partial charge in [-0.15, -0.1) is 0 Å². The molecule has 0 spiro atoms. The maximum atomic E-state index is 8.05. The number of benzene rings is 3. The van der Waals surface area contributed by atoms with Crippen LogP contribution in [0.4, 0.5) is 0 Å². The van der Waals surface area contributed by atoms with E-state index in [1.807, 2.05) is 49.4 Å². The van der Waals surface area contributed by atoms with Gasteiger partial charge in [0.05, 0.1) is 0 Å². The summed E-state index contributed by atoms with van der Waals surface area (Å²) in [7, 11) is 0. The predicted molar refractivity (Wildman–Crippen MR) is 99.4 cm³/mol. The molecule has 1 aromatic heterocycles. The fraction of sp³-hybridized carbons (Fsp3) is 0.273. The Morgan fingerprint density at radius 2 is 1.70 bits per heavy atom. The molecule has 0 aliphatic carbocycles. The first-order valence-electron chi connectivity index (χ1n) is 9.47. The van der Waals surface area contributed by atoms with E-state index >= 15 is 0 Å². The maximum Gasteiger partial charge on any atom is 0.143 e. The molecule has 0 saturated heterocycles. The minimum atomic E-state index is -2.19. The van der Waals surface area contributed by atoms with Gasteiger partial charge in [0, 0.05) is 25.8 Å². The first-order valence-corrected chi connectivity index (χ1v) is 7.97. The van der Waals surface area contributed by atoms with Crippen LogP contribution in [0.3, 0.4) is 0 Å². The molecule has 0 aliphatic heterocycles. The van der Waals surface area contributed by atoms with Gasteiger partial charge in [0.25, 0.3) is 0 Å². The summed E-state index contributed by atoms with van der Waals surface area (Å²) in [5.74, 6) is 0. The van der Waals surface area contributed by atoms with E-state index < -0.39 is 6.85 Å². The Hall–Kier alpha value is -2.28. The molecule has 4 aromatic rings. The molecule has 0 fully saturated rings. The lowest BCUT2D eigenvalue weighted by atomic mass is 9.82. The third-order valence-electron chi connectivity index (χ3n) is 4.58. The molecule has 1 nitrogen and oxygen atoms in total. The highest BCUT2D eigenvalue weighted by Gasteiger charge is 2.24. The van der Waals surface area contributed by atoms with Crippen molar-refractivity contribution in [3.8, 4) is 0 Å². The molecule has 4 rings (SSSR count). The van der Waals surface area contributed by atoms with Gasteiger partial charge in [-0.05, 0) is 41.8 Å². The number of hydrogen-bond acceptors (Lipinski definition) is 1. The molecule has 0 unspecified atom stereocenters. The fourth-order valence-corrected chi connectivity index (χ4v) is 3.74. The summed E-state index contributed by atoms with van der Waals surface area (Å²) < 4.78 is 30.5. The second kappa shape index (κ2) is 4.61. The summed E-state index contributed by atoms with van der Waals surface area (Å²) in [6, 6.07) is 13.9. The fourth-order valence-electron chi connectivity index (χ4n) is 3.74. The van der Waals surface area contributed by atoms with Gasteiger partial charge in [0.2, 0.25) is 0 Å². The molecule has 3 aromatic carbocycles. The number of fused-ring (bicyclic) bond motifs is 5. The third kappa shape index (κ3) is 1.99. The average molecular weight is 305 g/mol. The summed E-state index contributed by atoms with van der Waals surface area (Å²) in [5, 5.41) is 3.69. The molecule has 0 amide bonds. The van der Waals surface area contributed by atoms with Crippen LogP contribution < -0.4 is 0 Å². The SMILES string of the molecule is [2H]C([2H])([2H])c1cc(C)c(C(C)(C)C)c2oc3c4ccccc4ccc3c12. The Kier molecular flexibility index (Phi) is 2.26. The van der Waals surface area contributed by atoms with Crippen molar-refractivity contribution in [1.29, 1.82) is 0 Å². The van der Waals surface area contributed by atoms with E-state index in [9.17, 15) is 0 Å². The van der Waals surface area contributed by atoms with E-state index in [1.165, 1.54) is 0 Å². The van der Waals surface area contributed by atoms with Crippen molar-refractivity contribution in [3.05, 3.63) is 59.2 Å². The monoisotopic (exact) mass is 305 g/mol. The Morgan fingerprint density at radius 3 is 2.43 bits per heavy atom. The van der Waals surface area contributed by atoms with Crippen LogP contribution in [0.2, 0.25) is 0 Å². The number of rotatable bonds is 0. The highest BCUT2D eigenvalue weighted by atomic mass is 16.3. The first kappa shape index (κ1) is 11.3. The van der Waals surface area contributed by atoms with Gasteiger partial charge >= 0.3 is 0 Å². The van der Waals surface area contributed by atoms with Crippen molar-refractivity contribution in [2.45, 2.75) is 40.0 Å². The van der Waals surface area contributed by atoms with Gasteiger partial charge < -0.3 is 4.42 Å². The summed E-state index contributed by atoms with van der Waals surface area (Å²) in [4.78, 5) is 0. The Bertz CT molecular complexity index is 1160. The van der Waals surface area contributed by atoms with E-state index in [0.29, 0.717) is 11.1 Å². The van der Waals surface area contributed by atoms with Gasteiger partial charge in [0.1, 0.15) is 11.2 Å². The lowest BCUT2D eigenvalue weighted by Gasteiger charge is -2.22. The Balaban J connectivity index is 2.31. The highest BCUT2D eigenvalue weighted by molar-refractivity contribution is 6.16. The van der Waals surface area contributed by atoms with Gasteiger partial charge in [-0.3, -0.25) is 0 Å². The predicted octanol–water partition coefficient (Wildman–Crippen LogP) is 6.65. The Morgan fingerprint density at radius 1 is 0.913 bits per heavy atom. The number of hydrogen-bond donors (Lipinski definition) is 0. The van der Waals surface area contributed by atoms with Gasteiger partial charge in [-0.1, -0.05) is 57.2 Å². The topological polar surface area (TPSA) is 13.1 Å².